The Kier molecular flexibility index (Phi) is 9.47. The average Bonchev–Trinajstić information content (AvgIpc) is 2.42. The van der Waals surface area contributed by atoms with Gasteiger partial charge in [-0.15, -0.1) is 12.4 Å². The summed E-state index contributed by atoms with van der Waals surface area (Å²) >= 11 is 6.23. The number of nitrogens with one attached hydrogen (secondary N) is 1. The molecule has 0 saturated carbocycles. The molecule has 0 aromatic heterocycles. The molecule has 0 bridgehead atoms. The molecule has 5 heteroatoms. The van der Waals surface area contributed by atoms with Crippen molar-refractivity contribution in [1.82, 2.24) is 5.32 Å². The summed E-state index contributed by atoms with van der Waals surface area (Å²) in [6, 6.07) is 4.32. The Morgan fingerprint density at radius 3 is 2.70 bits per heavy atom. The molecule has 0 aliphatic carbocycles. The Morgan fingerprint density at radius 2 is 2.15 bits per heavy atom. The Bertz CT molecular complexity index is 425. The van der Waals surface area contributed by atoms with Gasteiger partial charge in [0.1, 0.15) is 6.61 Å². The number of benzene rings is 1. The van der Waals surface area contributed by atoms with Gasteiger partial charge in [-0.3, -0.25) is 0 Å². The van der Waals surface area contributed by atoms with Gasteiger partial charge in [0.05, 0.1) is 12.1 Å². The second-order valence-electron chi connectivity index (χ2n) is 4.40. The zero-order valence-electron chi connectivity index (χ0n) is 12.2. The molecule has 0 fully saturated rings. The van der Waals surface area contributed by atoms with Crippen molar-refractivity contribution in [3.63, 3.8) is 0 Å². The summed E-state index contributed by atoms with van der Waals surface area (Å²) in [5, 5.41) is 3.98. The van der Waals surface area contributed by atoms with Crippen LogP contribution in [0.25, 0.3) is 0 Å². The molecule has 0 heterocycles. The zero-order valence-corrected chi connectivity index (χ0v) is 13.8. The lowest BCUT2D eigenvalue weighted by Crippen LogP contribution is -2.24. The lowest BCUT2D eigenvalue weighted by atomic mass is 10.1. The van der Waals surface area contributed by atoms with E-state index in [-0.39, 0.29) is 12.4 Å². The largest absolute Gasteiger partial charge is 0.493 e. The normalized spacial score (nSPS) is 11.4. The van der Waals surface area contributed by atoms with E-state index in [9.17, 15) is 0 Å². The van der Waals surface area contributed by atoms with Crippen molar-refractivity contribution >= 4 is 24.0 Å². The van der Waals surface area contributed by atoms with E-state index in [0.29, 0.717) is 29.2 Å². The van der Waals surface area contributed by atoms with E-state index < -0.39 is 0 Å². The average molecular weight is 320 g/mol. The maximum atomic E-state index is 6.23. The first-order valence-corrected chi connectivity index (χ1v) is 6.83. The minimum atomic E-state index is 0. The standard InChI is InChI=1S/C15H22ClNO2.ClH/c1-5-7-19-15-13(16)8-12(9-14(15)18-4)10-17-11(3)6-2;/h5,8-9,11,17H,1,6-7,10H2,2-4H3;1H. The molecule has 0 spiro atoms. The summed E-state index contributed by atoms with van der Waals surface area (Å²) < 4.78 is 10.8. The van der Waals surface area contributed by atoms with Crippen LogP contribution in [0.2, 0.25) is 5.02 Å². The van der Waals surface area contributed by atoms with Crippen LogP contribution in [-0.2, 0) is 6.54 Å². The Balaban J connectivity index is 0.00000361. The molecule has 0 radical (unpaired) electrons. The number of methoxy groups -OCH3 is 1. The van der Waals surface area contributed by atoms with Crippen LogP contribution in [0.15, 0.2) is 24.8 Å². The molecular weight excluding hydrogens is 297 g/mol. The van der Waals surface area contributed by atoms with Crippen LogP contribution in [0.5, 0.6) is 11.5 Å². The van der Waals surface area contributed by atoms with Crippen LogP contribution in [0, 0.1) is 0 Å². The third kappa shape index (κ3) is 5.61. The van der Waals surface area contributed by atoms with Crippen LogP contribution in [0.4, 0.5) is 0 Å². The first-order valence-electron chi connectivity index (χ1n) is 6.45. The van der Waals surface area contributed by atoms with Crippen LogP contribution in [-0.4, -0.2) is 19.8 Å². The van der Waals surface area contributed by atoms with Crippen molar-refractivity contribution in [2.75, 3.05) is 13.7 Å². The monoisotopic (exact) mass is 319 g/mol. The predicted octanol–water partition coefficient (Wildman–Crippen LogP) is 4.22. The quantitative estimate of drug-likeness (QED) is 0.727. The van der Waals surface area contributed by atoms with E-state index in [0.717, 1.165) is 18.5 Å². The molecule has 0 aliphatic heterocycles. The van der Waals surface area contributed by atoms with E-state index in [1.54, 1.807) is 13.2 Å². The van der Waals surface area contributed by atoms with Crippen LogP contribution in [0.3, 0.4) is 0 Å². The molecule has 114 valence electrons. The topological polar surface area (TPSA) is 30.5 Å². The van der Waals surface area contributed by atoms with Gasteiger partial charge in [0.2, 0.25) is 0 Å². The molecule has 0 saturated heterocycles. The number of hydrogen-bond acceptors (Lipinski definition) is 3. The van der Waals surface area contributed by atoms with Crippen molar-refractivity contribution in [2.45, 2.75) is 32.9 Å². The molecule has 0 amide bonds. The summed E-state index contributed by atoms with van der Waals surface area (Å²) in [5.41, 5.74) is 1.08. The Labute approximate surface area is 132 Å². The minimum Gasteiger partial charge on any atom is -0.493 e. The molecule has 1 aromatic carbocycles. The lowest BCUT2D eigenvalue weighted by molar-refractivity contribution is 0.326. The second kappa shape index (κ2) is 9.92. The highest BCUT2D eigenvalue weighted by atomic mass is 35.5. The summed E-state index contributed by atoms with van der Waals surface area (Å²) in [6.07, 6.45) is 2.76. The van der Waals surface area contributed by atoms with Crippen molar-refractivity contribution in [1.29, 1.82) is 0 Å². The van der Waals surface area contributed by atoms with Crippen molar-refractivity contribution < 1.29 is 9.47 Å². The maximum absolute atomic E-state index is 6.23. The highest BCUT2D eigenvalue weighted by Gasteiger charge is 2.12. The highest BCUT2D eigenvalue weighted by molar-refractivity contribution is 6.32. The minimum absolute atomic E-state index is 0. The molecule has 1 aromatic rings. The molecule has 1 unspecified atom stereocenters. The Morgan fingerprint density at radius 1 is 1.45 bits per heavy atom. The molecule has 0 aliphatic rings. The van der Waals surface area contributed by atoms with Gasteiger partial charge in [0, 0.05) is 12.6 Å². The maximum Gasteiger partial charge on any atom is 0.180 e. The Hall–Kier alpha value is -0.900. The fraction of sp³-hybridized carbons (Fsp3) is 0.467. The van der Waals surface area contributed by atoms with Crippen LogP contribution in [0.1, 0.15) is 25.8 Å². The first-order chi connectivity index (χ1) is 9.12. The SMILES string of the molecule is C=CCOc1c(Cl)cc(CNC(C)CC)cc1OC.Cl. The first kappa shape index (κ1) is 19.1. The number of halogens is 2. The lowest BCUT2D eigenvalue weighted by Gasteiger charge is -2.15. The molecule has 1 N–H and O–H groups in total. The molecule has 3 nitrogen and oxygen atoms in total. The molecule has 1 rings (SSSR count). The van der Waals surface area contributed by atoms with Gasteiger partial charge < -0.3 is 14.8 Å². The number of hydrogen-bond donors (Lipinski definition) is 1. The van der Waals surface area contributed by atoms with Gasteiger partial charge in [-0.05, 0) is 31.0 Å². The van der Waals surface area contributed by atoms with Gasteiger partial charge in [0.25, 0.3) is 0 Å². The van der Waals surface area contributed by atoms with E-state index in [1.165, 1.54) is 0 Å². The van der Waals surface area contributed by atoms with Crippen LogP contribution < -0.4 is 14.8 Å². The van der Waals surface area contributed by atoms with Gasteiger partial charge in [-0.1, -0.05) is 31.2 Å². The molecule has 1 atom stereocenters. The predicted molar refractivity (Wildman–Crippen MR) is 87.5 cm³/mol. The number of rotatable bonds is 8. The molecule has 20 heavy (non-hydrogen) atoms. The summed E-state index contributed by atoms with van der Waals surface area (Å²) in [6.45, 7) is 9.08. The highest BCUT2D eigenvalue weighted by Crippen LogP contribution is 2.36. The van der Waals surface area contributed by atoms with Gasteiger partial charge in [0.15, 0.2) is 11.5 Å². The van der Waals surface area contributed by atoms with Crippen molar-refractivity contribution in [3.05, 3.63) is 35.4 Å². The zero-order chi connectivity index (χ0) is 14.3. The van der Waals surface area contributed by atoms with Gasteiger partial charge >= 0.3 is 0 Å². The third-order valence-electron chi connectivity index (χ3n) is 2.90. The summed E-state index contributed by atoms with van der Waals surface area (Å²) in [5.74, 6) is 1.21. The van der Waals surface area contributed by atoms with E-state index >= 15 is 0 Å². The number of ether oxygens (including phenoxy) is 2. The van der Waals surface area contributed by atoms with E-state index in [1.807, 2.05) is 12.1 Å². The van der Waals surface area contributed by atoms with E-state index in [2.05, 4.69) is 25.7 Å². The van der Waals surface area contributed by atoms with Crippen molar-refractivity contribution in [2.24, 2.45) is 0 Å². The van der Waals surface area contributed by atoms with Gasteiger partial charge in [-0.25, -0.2) is 0 Å². The molecular formula is C15H23Cl2NO2. The van der Waals surface area contributed by atoms with Gasteiger partial charge in [-0.2, -0.15) is 0 Å². The van der Waals surface area contributed by atoms with E-state index in [4.69, 9.17) is 21.1 Å². The fourth-order valence-corrected chi connectivity index (χ4v) is 1.88. The third-order valence-corrected chi connectivity index (χ3v) is 3.18. The van der Waals surface area contributed by atoms with Crippen LogP contribution >= 0.6 is 24.0 Å². The smallest absolute Gasteiger partial charge is 0.180 e. The summed E-state index contributed by atoms with van der Waals surface area (Å²) in [4.78, 5) is 0. The second-order valence-corrected chi connectivity index (χ2v) is 4.81. The fourth-order valence-electron chi connectivity index (χ4n) is 1.59. The van der Waals surface area contributed by atoms with Crippen molar-refractivity contribution in [3.8, 4) is 11.5 Å². The summed E-state index contributed by atoms with van der Waals surface area (Å²) in [7, 11) is 1.61.